The molecule has 2 aromatic rings. The molecule has 2 N–H and O–H groups in total. The van der Waals surface area contributed by atoms with Crippen LogP contribution < -0.4 is 5.43 Å². The van der Waals surface area contributed by atoms with Gasteiger partial charge in [-0.05, 0) is 36.2 Å². The maximum absolute atomic E-state index is 9.29. The van der Waals surface area contributed by atoms with Crippen LogP contribution >= 0.6 is 0 Å². The number of benzene rings is 2. The highest BCUT2D eigenvalue weighted by Crippen LogP contribution is 2.13. The SMILES string of the molecule is Cc1ccccc1N/N=C\c1cccc(O)c1. The number of nitrogens with zero attached hydrogens (tertiary/aromatic N) is 1. The molecule has 0 heterocycles. The summed E-state index contributed by atoms with van der Waals surface area (Å²) in [6.45, 7) is 2.02. The molecule has 0 bridgehead atoms. The number of para-hydroxylation sites is 1. The Bertz CT molecular complexity index is 535. The van der Waals surface area contributed by atoms with Crippen LogP contribution in [0.3, 0.4) is 0 Å². The van der Waals surface area contributed by atoms with Gasteiger partial charge in [0.2, 0.25) is 0 Å². The molecule has 0 saturated carbocycles. The zero-order valence-electron chi connectivity index (χ0n) is 9.59. The lowest BCUT2D eigenvalue weighted by atomic mass is 10.2. The van der Waals surface area contributed by atoms with E-state index in [0.29, 0.717) is 0 Å². The van der Waals surface area contributed by atoms with E-state index in [1.807, 2.05) is 37.3 Å². The summed E-state index contributed by atoms with van der Waals surface area (Å²) in [4.78, 5) is 0. The zero-order chi connectivity index (χ0) is 12.1. The predicted molar refractivity (Wildman–Crippen MR) is 70.5 cm³/mol. The molecular weight excluding hydrogens is 212 g/mol. The highest BCUT2D eigenvalue weighted by atomic mass is 16.3. The summed E-state index contributed by atoms with van der Waals surface area (Å²) in [7, 11) is 0. The monoisotopic (exact) mass is 226 g/mol. The Labute approximate surface area is 100 Å². The zero-order valence-corrected chi connectivity index (χ0v) is 9.59. The molecule has 2 aromatic carbocycles. The van der Waals surface area contributed by atoms with Crippen LogP contribution in [0, 0.1) is 6.92 Å². The molecule has 0 saturated heterocycles. The van der Waals surface area contributed by atoms with E-state index in [9.17, 15) is 5.11 Å². The lowest BCUT2D eigenvalue weighted by molar-refractivity contribution is 0.475. The van der Waals surface area contributed by atoms with Gasteiger partial charge >= 0.3 is 0 Å². The topological polar surface area (TPSA) is 44.6 Å². The van der Waals surface area contributed by atoms with Gasteiger partial charge in [0.1, 0.15) is 5.75 Å². The van der Waals surface area contributed by atoms with E-state index in [0.717, 1.165) is 16.8 Å². The van der Waals surface area contributed by atoms with Crippen molar-refractivity contribution in [1.29, 1.82) is 0 Å². The van der Waals surface area contributed by atoms with E-state index in [1.54, 1.807) is 24.4 Å². The fourth-order valence-corrected chi connectivity index (χ4v) is 1.48. The Morgan fingerprint density at radius 3 is 2.71 bits per heavy atom. The van der Waals surface area contributed by atoms with Gasteiger partial charge in [0, 0.05) is 0 Å². The average molecular weight is 226 g/mol. The third kappa shape index (κ3) is 3.08. The van der Waals surface area contributed by atoms with E-state index in [2.05, 4.69) is 10.5 Å². The summed E-state index contributed by atoms with van der Waals surface area (Å²) in [6, 6.07) is 14.9. The molecule has 0 aliphatic heterocycles. The van der Waals surface area contributed by atoms with Crippen LogP contribution in [-0.2, 0) is 0 Å². The Morgan fingerprint density at radius 2 is 1.94 bits per heavy atom. The smallest absolute Gasteiger partial charge is 0.116 e. The van der Waals surface area contributed by atoms with E-state index in [4.69, 9.17) is 0 Å². The van der Waals surface area contributed by atoms with E-state index < -0.39 is 0 Å². The number of rotatable bonds is 3. The van der Waals surface area contributed by atoms with Crippen molar-refractivity contribution in [3.63, 3.8) is 0 Å². The van der Waals surface area contributed by atoms with E-state index >= 15 is 0 Å². The van der Waals surface area contributed by atoms with Crippen molar-refractivity contribution in [3.05, 3.63) is 59.7 Å². The summed E-state index contributed by atoms with van der Waals surface area (Å²) in [5.41, 5.74) is 5.94. The third-order valence-electron chi connectivity index (χ3n) is 2.41. The second-order valence-corrected chi connectivity index (χ2v) is 3.78. The number of anilines is 1. The van der Waals surface area contributed by atoms with Gasteiger partial charge in [-0.25, -0.2) is 0 Å². The molecule has 0 unspecified atom stereocenters. The van der Waals surface area contributed by atoms with Gasteiger partial charge in [-0.2, -0.15) is 5.10 Å². The van der Waals surface area contributed by atoms with Gasteiger partial charge < -0.3 is 5.11 Å². The van der Waals surface area contributed by atoms with Gasteiger partial charge in [-0.3, -0.25) is 5.43 Å². The first-order valence-electron chi connectivity index (χ1n) is 5.39. The van der Waals surface area contributed by atoms with Crippen molar-refractivity contribution < 1.29 is 5.11 Å². The second kappa shape index (κ2) is 5.16. The standard InChI is InChI=1S/C14H14N2O/c1-11-5-2-3-8-14(11)16-15-10-12-6-4-7-13(17)9-12/h2-10,16-17H,1H3/b15-10-. The summed E-state index contributed by atoms with van der Waals surface area (Å²) in [6.07, 6.45) is 1.67. The highest BCUT2D eigenvalue weighted by Gasteiger charge is 1.93. The van der Waals surface area contributed by atoms with Crippen molar-refractivity contribution >= 4 is 11.9 Å². The molecular formula is C14H14N2O. The van der Waals surface area contributed by atoms with Crippen molar-refractivity contribution in [2.24, 2.45) is 5.10 Å². The van der Waals surface area contributed by atoms with Crippen LogP contribution in [0.5, 0.6) is 5.75 Å². The van der Waals surface area contributed by atoms with Crippen LogP contribution in [0.4, 0.5) is 5.69 Å². The fourth-order valence-electron chi connectivity index (χ4n) is 1.48. The number of aromatic hydroxyl groups is 1. The number of hydrogen-bond acceptors (Lipinski definition) is 3. The van der Waals surface area contributed by atoms with Crippen molar-refractivity contribution in [2.75, 3.05) is 5.43 Å². The van der Waals surface area contributed by atoms with Crippen LogP contribution in [-0.4, -0.2) is 11.3 Å². The van der Waals surface area contributed by atoms with Gasteiger partial charge in [0.25, 0.3) is 0 Å². The molecule has 0 atom stereocenters. The minimum absolute atomic E-state index is 0.241. The lowest BCUT2D eigenvalue weighted by Gasteiger charge is -2.03. The van der Waals surface area contributed by atoms with Crippen molar-refractivity contribution in [2.45, 2.75) is 6.92 Å². The van der Waals surface area contributed by atoms with Crippen molar-refractivity contribution in [1.82, 2.24) is 0 Å². The van der Waals surface area contributed by atoms with E-state index in [-0.39, 0.29) is 5.75 Å². The Hall–Kier alpha value is -2.29. The number of hydrazone groups is 1. The summed E-state index contributed by atoms with van der Waals surface area (Å²) >= 11 is 0. The van der Waals surface area contributed by atoms with Gasteiger partial charge in [-0.15, -0.1) is 0 Å². The first-order chi connectivity index (χ1) is 8.25. The molecule has 86 valence electrons. The van der Waals surface area contributed by atoms with Gasteiger partial charge in [0.05, 0.1) is 11.9 Å². The maximum Gasteiger partial charge on any atom is 0.116 e. The normalized spacial score (nSPS) is 10.6. The fraction of sp³-hybridized carbons (Fsp3) is 0.0714. The Balaban J connectivity index is 2.06. The molecule has 17 heavy (non-hydrogen) atoms. The van der Waals surface area contributed by atoms with E-state index in [1.165, 1.54) is 0 Å². The molecule has 0 spiro atoms. The minimum Gasteiger partial charge on any atom is -0.508 e. The molecule has 3 heteroatoms. The van der Waals surface area contributed by atoms with Crippen LogP contribution in [0.25, 0.3) is 0 Å². The largest absolute Gasteiger partial charge is 0.508 e. The van der Waals surface area contributed by atoms with Crippen LogP contribution in [0.2, 0.25) is 0 Å². The van der Waals surface area contributed by atoms with Gasteiger partial charge in [-0.1, -0.05) is 30.3 Å². The number of hydrogen-bond donors (Lipinski definition) is 2. The number of aryl methyl sites for hydroxylation is 1. The van der Waals surface area contributed by atoms with Crippen LogP contribution in [0.15, 0.2) is 53.6 Å². The lowest BCUT2D eigenvalue weighted by Crippen LogP contribution is -1.92. The molecule has 0 aliphatic rings. The Morgan fingerprint density at radius 1 is 1.12 bits per heavy atom. The van der Waals surface area contributed by atoms with Crippen molar-refractivity contribution in [3.8, 4) is 5.75 Å². The summed E-state index contributed by atoms with van der Waals surface area (Å²) in [5.74, 6) is 0.241. The predicted octanol–water partition coefficient (Wildman–Crippen LogP) is 3.15. The number of nitrogens with one attached hydrogen (secondary N) is 1. The Kier molecular flexibility index (Phi) is 3.40. The average Bonchev–Trinajstić information content (AvgIpc) is 2.32. The first kappa shape index (κ1) is 11.2. The highest BCUT2D eigenvalue weighted by molar-refractivity contribution is 5.80. The molecule has 0 amide bonds. The van der Waals surface area contributed by atoms with Gasteiger partial charge in [0.15, 0.2) is 0 Å². The summed E-state index contributed by atoms with van der Waals surface area (Å²) in [5, 5.41) is 13.4. The second-order valence-electron chi connectivity index (χ2n) is 3.78. The summed E-state index contributed by atoms with van der Waals surface area (Å²) < 4.78 is 0. The molecule has 3 nitrogen and oxygen atoms in total. The molecule has 0 fully saturated rings. The maximum atomic E-state index is 9.29. The molecule has 0 radical (unpaired) electrons. The number of phenolic OH excluding ortho intramolecular Hbond substituents is 1. The molecule has 0 aliphatic carbocycles. The number of phenols is 1. The third-order valence-corrected chi connectivity index (χ3v) is 2.41. The molecule has 0 aromatic heterocycles. The van der Waals surface area contributed by atoms with Crippen LogP contribution in [0.1, 0.15) is 11.1 Å². The minimum atomic E-state index is 0.241. The first-order valence-corrected chi connectivity index (χ1v) is 5.39. The quantitative estimate of drug-likeness (QED) is 0.623. The molecule has 2 rings (SSSR count).